The van der Waals surface area contributed by atoms with E-state index >= 15 is 0 Å². The topological polar surface area (TPSA) is 67.5 Å². The van der Waals surface area contributed by atoms with Gasteiger partial charge in [-0.2, -0.15) is 0 Å². The number of carbonyl (C=O) groups excluding carboxylic acids is 1. The summed E-state index contributed by atoms with van der Waals surface area (Å²) in [7, 11) is 3.66. The average molecular weight is 276 g/mol. The van der Waals surface area contributed by atoms with Crippen molar-refractivity contribution in [2.45, 2.75) is 0 Å². The van der Waals surface area contributed by atoms with Gasteiger partial charge in [-0.25, -0.2) is 4.79 Å². The first-order valence-electron chi connectivity index (χ1n) is 6.42. The summed E-state index contributed by atoms with van der Waals surface area (Å²) in [4.78, 5) is 24.1. The Kier molecular flexibility index (Phi) is 4.01. The molecule has 5 nitrogen and oxygen atoms in total. The first-order chi connectivity index (χ1) is 9.43. The lowest BCUT2D eigenvalue weighted by atomic mass is 10.1. The highest BCUT2D eigenvalue weighted by Crippen LogP contribution is 2.13. The number of Topliss-reactive ketones (excluding diaryl/α,β-unsaturated/α-hetero) is 1. The Morgan fingerprint density at radius 1 is 1.30 bits per heavy atom. The molecule has 0 radical (unpaired) electrons. The Morgan fingerprint density at radius 2 is 2.00 bits per heavy atom. The molecular formula is C15H18NO4+. The largest absolute Gasteiger partial charge is 0.422 e. The molecule has 0 amide bonds. The lowest BCUT2D eigenvalue weighted by Gasteiger charge is -2.27. The maximum atomic E-state index is 12.2. The van der Waals surface area contributed by atoms with Crippen molar-refractivity contribution in [2.24, 2.45) is 0 Å². The molecule has 0 aliphatic carbocycles. The van der Waals surface area contributed by atoms with Gasteiger partial charge in [-0.15, -0.1) is 0 Å². The minimum atomic E-state index is -0.613. The van der Waals surface area contributed by atoms with E-state index in [9.17, 15) is 9.59 Å². The van der Waals surface area contributed by atoms with E-state index in [0.29, 0.717) is 16.6 Å². The molecule has 0 aliphatic heterocycles. The van der Waals surface area contributed by atoms with Gasteiger partial charge < -0.3 is 14.0 Å². The van der Waals surface area contributed by atoms with Gasteiger partial charge in [-0.1, -0.05) is 18.2 Å². The number of hydrogen-bond acceptors (Lipinski definition) is 4. The van der Waals surface area contributed by atoms with Crippen molar-refractivity contribution < 1.29 is 18.8 Å². The molecular weight excluding hydrogens is 258 g/mol. The van der Waals surface area contributed by atoms with Crippen LogP contribution in [0.2, 0.25) is 0 Å². The Balaban J connectivity index is 2.35. The fourth-order valence-corrected chi connectivity index (χ4v) is 2.08. The number of aliphatic hydroxyl groups is 1. The van der Waals surface area contributed by atoms with Crippen LogP contribution in [0.25, 0.3) is 11.0 Å². The van der Waals surface area contributed by atoms with Gasteiger partial charge in [0, 0.05) is 5.39 Å². The van der Waals surface area contributed by atoms with Crippen LogP contribution in [0.1, 0.15) is 10.4 Å². The molecule has 0 aliphatic rings. The molecule has 0 unspecified atom stereocenters. The lowest BCUT2D eigenvalue weighted by molar-refractivity contribution is -0.882. The fourth-order valence-electron chi connectivity index (χ4n) is 2.08. The van der Waals surface area contributed by atoms with E-state index in [4.69, 9.17) is 9.52 Å². The summed E-state index contributed by atoms with van der Waals surface area (Å²) in [5.74, 6) is -0.275. The lowest BCUT2D eigenvalue weighted by Crippen LogP contribution is -2.46. The monoisotopic (exact) mass is 276 g/mol. The van der Waals surface area contributed by atoms with E-state index < -0.39 is 5.63 Å². The van der Waals surface area contributed by atoms with E-state index in [0.717, 1.165) is 5.39 Å². The van der Waals surface area contributed by atoms with Crippen molar-refractivity contribution in [3.63, 3.8) is 0 Å². The highest BCUT2D eigenvalue weighted by atomic mass is 16.4. The van der Waals surface area contributed by atoms with E-state index in [-0.39, 0.29) is 24.5 Å². The third-order valence-electron chi connectivity index (χ3n) is 3.22. The molecule has 2 rings (SSSR count). The predicted molar refractivity (Wildman–Crippen MR) is 75.7 cm³/mol. The zero-order chi connectivity index (χ0) is 14.8. The minimum Gasteiger partial charge on any atom is -0.422 e. The third-order valence-corrected chi connectivity index (χ3v) is 3.22. The molecule has 1 N–H and O–H groups in total. The second kappa shape index (κ2) is 5.56. The maximum absolute atomic E-state index is 12.2. The molecule has 0 atom stereocenters. The number of ketones is 1. The Labute approximate surface area is 116 Å². The second-order valence-corrected chi connectivity index (χ2v) is 5.45. The van der Waals surface area contributed by atoms with Crippen molar-refractivity contribution in [1.29, 1.82) is 0 Å². The molecule has 0 fully saturated rings. The first-order valence-corrected chi connectivity index (χ1v) is 6.42. The molecule has 1 heterocycles. The number of likely N-dealkylation sites (N-methyl/N-ethyl adjacent to an activating group) is 1. The summed E-state index contributed by atoms with van der Waals surface area (Å²) in [6.45, 7) is 0.584. The van der Waals surface area contributed by atoms with Crippen molar-refractivity contribution >= 4 is 16.8 Å². The number of fused-ring (bicyclic) bond motifs is 1. The number of aliphatic hydroxyl groups excluding tert-OH is 1. The molecule has 1 aromatic heterocycles. The number of para-hydroxylation sites is 1. The van der Waals surface area contributed by atoms with Crippen LogP contribution >= 0.6 is 0 Å². The first kappa shape index (κ1) is 14.4. The van der Waals surface area contributed by atoms with Crippen molar-refractivity contribution in [2.75, 3.05) is 33.8 Å². The summed E-state index contributed by atoms with van der Waals surface area (Å²) in [5, 5.41) is 9.70. The van der Waals surface area contributed by atoms with Crippen LogP contribution in [0.15, 0.2) is 39.5 Å². The summed E-state index contributed by atoms with van der Waals surface area (Å²) in [6, 6.07) is 8.65. The third kappa shape index (κ3) is 3.12. The van der Waals surface area contributed by atoms with Gasteiger partial charge in [0.2, 0.25) is 5.78 Å². The van der Waals surface area contributed by atoms with Crippen LogP contribution in [-0.4, -0.2) is 49.2 Å². The van der Waals surface area contributed by atoms with Crippen molar-refractivity contribution in [1.82, 2.24) is 0 Å². The molecule has 0 bridgehead atoms. The highest BCUT2D eigenvalue weighted by molar-refractivity contribution is 5.98. The normalized spacial score (nSPS) is 11.8. The minimum absolute atomic E-state index is 0.00733. The van der Waals surface area contributed by atoms with Gasteiger partial charge in [0.05, 0.1) is 20.7 Å². The fraction of sp³-hybridized carbons (Fsp3) is 0.333. The van der Waals surface area contributed by atoms with Crippen LogP contribution in [0.5, 0.6) is 0 Å². The van der Waals surface area contributed by atoms with Gasteiger partial charge in [0.25, 0.3) is 0 Å². The average Bonchev–Trinajstić information content (AvgIpc) is 2.37. The van der Waals surface area contributed by atoms with E-state index in [1.165, 1.54) is 0 Å². The van der Waals surface area contributed by atoms with Gasteiger partial charge in [0.15, 0.2) is 0 Å². The number of nitrogens with zero attached hydrogens (tertiary/aromatic N) is 1. The zero-order valence-electron chi connectivity index (χ0n) is 11.6. The van der Waals surface area contributed by atoms with Crippen LogP contribution < -0.4 is 5.63 Å². The number of quaternary nitrogens is 1. The summed E-state index contributed by atoms with van der Waals surface area (Å²) in [5.41, 5.74) is -0.0799. The molecule has 1 aromatic carbocycles. The van der Waals surface area contributed by atoms with Crippen molar-refractivity contribution in [3.05, 3.63) is 46.3 Å². The van der Waals surface area contributed by atoms with Crippen LogP contribution in [0, 0.1) is 0 Å². The quantitative estimate of drug-likeness (QED) is 0.503. The Hall–Kier alpha value is -1.98. The summed E-state index contributed by atoms with van der Waals surface area (Å²) in [6.07, 6.45) is 0. The van der Waals surface area contributed by atoms with Gasteiger partial charge in [-0.3, -0.25) is 4.79 Å². The van der Waals surface area contributed by atoms with Crippen LogP contribution in [-0.2, 0) is 0 Å². The zero-order valence-corrected chi connectivity index (χ0v) is 11.6. The summed E-state index contributed by atoms with van der Waals surface area (Å²) >= 11 is 0. The Morgan fingerprint density at radius 3 is 2.70 bits per heavy atom. The van der Waals surface area contributed by atoms with E-state index in [1.807, 2.05) is 20.2 Å². The van der Waals surface area contributed by atoms with Crippen molar-refractivity contribution in [3.8, 4) is 0 Å². The van der Waals surface area contributed by atoms with Crippen LogP contribution in [0.3, 0.4) is 0 Å². The molecule has 0 saturated heterocycles. The standard InChI is InChI=1S/C15H18NO4/c1-16(2,7-8-17)10-13(18)12-9-11-5-3-4-6-14(11)20-15(12)19/h3-6,9,17H,7-8,10H2,1-2H3/q+1. The number of hydrogen-bond donors (Lipinski definition) is 1. The molecule has 0 spiro atoms. The second-order valence-electron chi connectivity index (χ2n) is 5.45. The van der Waals surface area contributed by atoms with E-state index in [1.54, 1.807) is 24.3 Å². The van der Waals surface area contributed by atoms with Gasteiger partial charge in [-0.05, 0) is 12.1 Å². The number of benzene rings is 1. The number of rotatable bonds is 5. The summed E-state index contributed by atoms with van der Waals surface area (Å²) < 4.78 is 5.48. The maximum Gasteiger partial charge on any atom is 0.347 e. The number of carbonyl (C=O) groups is 1. The van der Waals surface area contributed by atoms with Gasteiger partial charge >= 0.3 is 5.63 Å². The molecule has 2 aromatic rings. The van der Waals surface area contributed by atoms with E-state index in [2.05, 4.69) is 0 Å². The van der Waals surface area contributed by atoms with Crippen LogP contribution in [0.4, 0.5) is 0 Å². The molecule has 0 saturated carbocycles. The molecule has 106 valence electrons. The highest BCUT2D eigenvalue weighted by Gasteiger charge is 2.23. The SMILES string of the molecule is C[N+](C)(CCO)CC(=O)c1cc2ccccc2oc1=O. The molecule has 20 heavy (non-hydrogen) atoms. The molecule has 5 heteroatoms. The predicted octanol–water partition coefficient (Wildman–Crippen LogP) is 1.04. The smallest absolute Gasteiger partial charge is 0.347 e. The van der Waals surface area contributed by atoms with Gasteiger partial charge in [0.1, 0.15) is 24.2 Å². The Bertz CT molecular complexity index is 688.